The number of methoxy groups -OCH3 is 2. The molecule has 0 aliphatic carbocycles. The summed E-state index contributed by atoms with van der Waals surface area (Å²) in [6, 6.07) is 5.44. The first-order valence-electron chi connectivity index (χ1n) is 7.61. The molecule has 2 heterocycles. The summed E-state index contributed by atoms with van der Waals surface area (Å²) in [6.45, 7) is 1.67. The van der Waals surface area contributed by atoms with Crippen molar-refractivity contribution in [1.82, 2.24) is 15.0 Å². The van der Waals surface area contributed by atoms with E-state index in [2.05, 4.69) is 15.0 Å². The van der Waals surface area contributed by atoms with Gasteiger partial charge in [-0.3, -0.25) is 9.97 Å². The molecular weight excluding hydrogens is 342 g/mol. The minimum Gasteiger partial charge on any atom is -0.609 e. The van der Waals surface area contributed by atoms with Crippen molar-refractivity contribution in [2.75, 3.05) is 14.2 Å². The predicted octanol–water partition coefficient (Wildman–Crippen LogP) is 2.08. The van der Waals surface area contributed by atoms with E-state index in [0.717, 1.165) is 11.1 Å². The molecule has 0 bridgehead atoms. The number of hydrogen-bond donors (Lipinski definition) is 2. The van der Waals surface area contributed by atoms with Crippen LogP contribution in [0.3, 0.4) is 0 Å². The molecule has 2 N–H and O–H groups in total. The largest absolute Gasteiger partial charge is 0.609 e. The monoisotopic (exact) mass is 361 g/mol. The number of fused-ring (bicyclic) bond motifs is 1. The normalized spacial score (nSPS) is 12.4. The average Bonchev–Trinajstić information content (AvgIpc) is 3.06. The Morgan fingerprint density at radius 3 is 2.76 bits per heavy atom. The number of nitrogens with one attached hydrogen (secondary N) is 1. The quantitative estimate of drug-likeness (QED) is 0.652. The van der Waals surface area contributed by atoms with Gasteiger partial charge in [0.05, 0.1) is 37.6 Å². The van der Waals surface area contributed by atoms with Crippen LogP contribution in [0.4, 0.5) is 0 Å². The van der Waals surface area contributed by atoms with E-state index >= 15 is 0 Å². The molecule has 0 aliphatic heterocycles. The van der Waals surface area contributed by atoms with Crippen LogP contribution in [0, 0.1) is 6.92 Å². The molecule has 3 rings (SSSR count). The van der Waals surface area contributed by atoms with Crippen LogP contribution in [-0.4, -0.2) is 38.8 Å². The first-order chi connectivity index (χ1) is 12.1. The maximum Gasteiger partial charge on any atom is 0.322 e. The second kappa shape index (κ2) is 7.30. The lowest BCUT2D eigenvalue weighted by atomic mass is 10.1. The van der Waals surface area contributed by atoms with Crippen molar-refractivity contribution in [3.8, 4) is 11.5 Å². The Labute approximate surface area is 148 Å². The van der Waals surface area contributed by atoms with Gasteiger partial charge in [-0.15, -0.1) is 0 Å². The smallest absolute Gasteiger partial charge is 0.322 e. The molecule has 3 aromatic rings. The van der Waals surface area contributed by atoms with Gasteiger partial charge in [-0.05, 0) is 19.1 Å². The number of hydrogen-bond acceptors (Lipinski definition) is 6. The van der Waals surface area contributed by atoms with Crippen LogP contribution < -0.4 is 9.47 Å². The number of H-pyrrole nitrogens is 1. The number of ether oxygens (including phenoxy) is 2. The Morgan fingerprint density at radius 1 is 1.28 bits per heavy atom. The molecule has 1 aromatic carbocycles. The van der Waals surface area contributed by atoms with Gasteiger partial charge in [0.15, 0.2) is 5.75 Å². The predicted molar refractivity (Wildman–Crippen MR) is 94.2 cm³/mol. The molecule has 1 unspecified atom stereocenters. The zero-order valence-corrected chi connectivity index (χ0v) is 15.0. The molecule has 7 nitrogen and oxygen atoms in total. The van der Waals surface area contributed by atoms with Gasteiger partial charge < -0.3 is 19.1 Å². The number of imidazole rings is 1. The third kappa shape index (κ3) is 3.41. The van der Waals surface area contributed by atoms with Crippen molar-refractivity contribution >= 4 is 22.2 Å². The lowest BCUT2D eigenvalue weighted by molar-refractivity contribution is 0.272. The Morgan fingerprint density at radius 2 is 2.08 bits per heavy atom. The Balaban J connectivity index is 1.88. The highest BCUT2D eigenvalue weighted by molar-refractivity contribution is 7.90. The fraction of sp³-hybridized carbons (Fsp3) is 0.294. The van der Waals surface area contributed by atoms with E-state index in [4.69, 9.17) is 9.47 Å². The zero-order valence-electron chi connectivity index (χ0n) is 14.2. The van der Waals surface area contributed by atoms with Crippen molar-refractivity contribution in [2.24, 2.45) is 0 Å². The second-order valence-corrected chi connectivity index (χ2v) is 6.83. The summed E-state index contributed by atoms with van der Waals surface area (Å²) in [5.41, 5.74) is 3.50. The molecule has 0 spiro atoms. The fourth-order valence-electron chi connectivity index (χ4n) is 2.62. The van der Waals surface area contributed by atoms with Crippen LogP contribution in [0.2, 0.25) is 0 Å². The highest BCUT2D eigenvalue weighted by atomic mass is 32.2. The van der Waals surface area contributed by atoms with Gasteiger partial charge in [0, 0.05) is 34.6 Å². The number of nitrogens with zero attached hydrogens (tertiary/aromatic N) is 2. The van der Waals surface area contributed by atoms with Gasteiger partial charge in [0.2, 0.25) is 0 Å². The maximum absolute atomic E-state index is 12.7. The number of rotatable bonds is 6. The molecule has 0 fully saturated rings. The minimum absolute atomic E-state index is 0.161. The van der Waals surface area contributed by atoms with Gasteiger partial charge in [-0.2, -0.15) is 4.98 Å². The second-order valence-electron chi connectivity index (χ2n) is 5.46. The minimum atomic E-state index is -1.39. The SMILES string of the molecule is COc1ccc2[nH]c([S+]([O-])Cc3ncc(CO)c(OC)c3C)nc2c1. The van der Waals surface area contributed by atoms with Gasteiger partial charge in [0.25, 0.3) is 0 Å². The molecule has 0 amide bonds. The summed E-state index contributed by atoms with van der Waals surface area (Å²) in [7, 11) is 3.12. The highest BCUT2D eigenvalue weighted by Gasteiger charge is 2.21. The first-order valence-corrected chi connectivity index (χ1v) is 8.93. The number of aliphatic hydroxyl groups is 1. The van der Waals surface area contributed by atoms with Gasteiger partial charge >= 0.3 is 5.16 Å². The van der Waals surface area contributed by atoms with Crippen LogP contribution >= 0.6 is 0 Å². The molecular formula is C17H19N3O4S. The highest BCUT2D eigenvalue weighted by Crippen LogP contribution is 2.27. The average molecular weight is 361 g/mol. The Hall–Kier alpha value is -2.29. The summed E-state index contributed by atoms with van der Waals surface area (Å²) >= 11 is -1.39. The summed E-state index contributed by atoms with van der Waals surface area (Å²) in [6.07, 6.45) is 1.54. The third-order valence-corrected chi connectivity index (χ3v) is 5.13. The number of benzene rings is 1. The van der Waals surface area contributed by atoms with E-state index < -0.39 is 11.2 Å². The van der Waals surface area contributed by atoms with E-state index in [-0.39, 0.29) is 12.4 Å². The number of aromatic nitrogens is 3. The van der Waals surface area contributed by atoms with Crippen molar-refractivity contribution in [2.45, 2.75) is 24.4 Å². The molecule has 25 heavy (non-hydrogen) atoms. The third-order valence-electron chi connectivity index (χ3n) is 3.97. The Bertz CT molecular complexity index is 897. The first kappa shape index (κ1) is 17.5. The topological polar surface area (TPSA) is 103 Å². The number of aromatic amines is 1. The molecule has 8 heteroatoms. The van der Waals surface area contributed by atoms with Crippen molar-refractivity contribution in [3.05, 3.63) is 41.2 Å². The van der Waals surface area contributed by atoms with E-state index in [9.17, 15) is 9.66 Å². The van der Waals surface area contributed by atoms with Gasteiger partial charge in [-0.1, -0.05) is 0 Å². The van der Waals surface area contributed by atoms with E-state index in [1.807, 2.05) is 19.1 Å². The van der Waals surface area contributed by atoms with Crippen molar-refractivity contribution < 1.29 is 19.1 Å². The molecule has 2 aromatic heterocycles. The number of pyridine rings is 1. The van der Waals surface area contributed by atoms with E-state index in [1.54, 1.807) is 19.4 Å². The lowest BCUT2D eigenvalue weighted by Gasteiger charge is -2.13. The summed E-state index contributed by atoms with van der Waals surface area (Å²) in [5.74, 6) is 1.46. The Kier molecular flexibility index (Phi) is 5.12. The van der Waals surface area contributed by atoms with Crippen LogP contribution in [0.15, 0.2) is 29.6 Å². The van der Waals surface area contributed by atoms with Crippen LogP contribution in [0.1, 0.15) is 16.8 Å². The fourth-order valence-corrected chi connectivity index (χ4v) is 3.72. The van der Waals surface area contributed by atoms with Gasteiger partial charge in [-0.25, -0.2) is 0 Å². The lowest BCUT2D eigenvalue weighted by Crippen LogP contribution is -2.11. The van der Waals surface area contributed by atoms with Crippen molar-refractivity contribution in [1.29, 1.82) is 0 Å². The molecule has 0 saturated heterocycles. The summed E-state index contributed by atoms with van der Waals surface area (Å²) in [4.78, 5) is 11.8. The van der Waals surface area contributed by atoms with Gasteiger partial charge in [0.1, 0.15) is 11.5 Å². The molecule has 1 atom stereocenters. The van der Waals surface area contributed by atoms with Crippen LogP contribution in [-0.2, 0) is 23.5 Å². The van der Waals surface area contributed by atoms with E-state index in [1.165, 1.54) is 7.11 Å². The molecule has 0 saturated carbocycles. The standard InChI is InChI=1S/C17H19N3O4S/c1-10-15(18-7-11(8-21)16(10)24-3)9-25(22)17-19-13-5-4-12(23-2)6-14(13)20-17/h4-7,21H,8-9H2,1-3H3,(H,19,20). The van der Waals surface area contributed by atoms with Crippen LogP contribution in [0.5, 0.6) is 11.5 Å². The zero-order chi connectivity index (χ0) is 18.0. The summed E-state index contributed by atoms with van der Waals surface area (Å²) in [5, 5.41) is 9.73. The summed E-state index contributed by atoms with van der Waals surface area (Å²) < 4.78 is 23.2. The maximum atomic E-state index is 12.7. The van der Waals surface area contributed by atoms with Crippen molar-refractivity contribution in [3.63, 3.8) is 0 Å². The molecule has 132 valence electrons. The molecule has 0 aliphatic rings. The van der Waals surface area contributed by atoms with E-state index in [0.29, 0.717) is 33.4 Å². The van der Waals surface area contributed by atoms with Crippen LogP contribution in [0.25, 0.3) is 11.0 Å². The number of aliphatic hydroxyl groups excluding tert-OH is 1. The molecule has 0 radical (unpaired) electrons.